The highest BCUT2D eigenvalue weighted by Crippen LogP contribution is 2.22. The largest absolute Gasteiger partial charge is 0.392 e. The molecule has 1 aromatic rings. The van der Waals surface area contributed by atoms with Crippen molar-refractivity contribution in [1.82, 2.24) is 5.32 Å². The lowest BCUT2D eigenvalue weighted by atomic mass is 10.2. The Balaban J connectivity index is 2.92. The Morgan fingerprint density at radius 3 is 2.82 bits per heavy atom. The van der Waals surface area contributed by atoms with E-state index < -0.39 is 16.9 Å². The van der Waals surface area contributed by atoms with E-state index >= 15 is 0 Å². The van der Waals surface area contributed by atoms with Gasteiger partial charge in [-0.15, -0.1) is 0 Å². The van der Waals surface area contributed by atoms with Crippen molar-refractivity contribution in [3.63, 3.8) is 0 Å². The van der Waals surface area contributed by atoms with Gasteiger partial charge in [-0.3, -0.25) is 14.9 Å². The molecule has 1 aromatic carbocycles. The third kappa shape index (κ3) is 3.79. The second-order valence-corrected chi connectivity index (χ2v) is 4.33. The van der Waals surface area contributed by atoms with Gasteiger partial charge in [-0.05, 0) is 28.9 Å². The standard InChI is InChI=1S/C10H11BrN2O4/c1-6(14)5-12-10(15)8-4-7(13(16)17)2-3-9(8)11/h2-4,6,14H,5H2,1H3,(H,12,15)/t6-/m0/s1. The fourth-order valence-electron chi connectivity index (χ4n) is 1.14. The number of aliphatic hydroxyl groups is 1. The lowest BCUT2D eigenvalue weighted by Crippen LogP contribution is -2.30. The van der Waals surface area contributed by atoms with Crippen molar-refractivity contribution in [2.75, 3.05) is 6.54 Å². The highest BCUT2D eigenvalue weighted by molar-refractivity contribution is 9.10. The quantitative estimate of drug-likeness (QED) is 0.650. The molecule has 0 bridgehead atoms. The van der Waals surface area contributed by atoms with Gasteiger partial charge in [0.05, 0.1) is 16.6 Å². The summed E-state index contributed by atoms with van der Waals surface area (Å²) in [5.41, 5.74) is 0.00949. The van der Waals surface area contributed by atoms with Crippen LogP contribution in [0.3, 0.4) is 0 Å². The molecule has 1 amide bonds. The van der Waals surface area contributed by atoms with Crippen LogP contribution in [0, 0.1) is 10.1 Å². The van der Waals surface area contributed by atoms with Crippen LogP contribution < -0.4 is 5.32 Å². The van der Waals surface area contributed by atoms with Crippen molar-refractivity contribution in [2.45, 2.75) is 13.0 Å². The summed E-state index contributed by atoms with van der Waals surface area (Å²) in [6, 6.07) is 3.92. The zero-order chi connectivity index (χ0) is 13.0. The van der Waals surface area contributed by atoms with Crippen LogP contribution in [0.4, 0.5) is 5.69 Å². The molecule has 7 heteroatoms. The number of amides is 1. The van der Waals surface area contributed by atoms with E-state index in [1.165, 1.54) is 25.1 Å². The van der Waals surface area contributed by atoms with E-state index in [0.717, 1.165) is 0 Å². The molecular weight excluding hydrogens is 292 g/mol. The van der Waals surface area contributed by atoms with E-state index in [-0.39, 0.29) is 17.8 Å². The maximum Gasteiger partial charge on any atom is 0.270 e. The first kappa shape index (κ1) is 13.6. The molecule has 0 unspecified atom stereocenters. The van der Waals surface area contributed by atoms with Crippen molar-refractivity contribution in [2.24, 2.45) is 0 Å². The summed E-state index contributed by atoms with van der Waals surface area (Å²) in [6.07, 6.45) is -0.670. The monoisotopic (exact) mass is 302 g/mol. The first-order valence-corrected chi connectivity index (χ1v) is 5.61. The Labute approximate surface area is 106 Å². The summed E-state index contributed by atoms with van der Waals surface area (Å²) >= 11 is 3.14. The van der Waals surface area contributed by atoms with Gasteiger partial charge >= 0.3 is 0 Å². The van der Waals surface area contributed by atoms with Crippen LogP contribution in [0.2, 0.25) is 0 Å². The van der Waals surface area contributed by atoms with Gasteiger partial charge < -0.3 is 10.4 Å². The van der Waals surface area contributed by atoms with Crippen molar-refractivity contribution < 1.29 is 14.8 Å². The summed E-state index contributed by atoms with van der Waals surface area (Å²) in [7, 11) is 0. The van der Waals surface area contributed by atoms with Crippen LogP contribution >= 0.6 is 15.9 Å². The normalized spacial score (nSPS) is 11.9. The molecule has 0 spiro atoms. The highest BCUT2D eigenvalue weighted by atomic mass is 79.9. The van der Waals surface area contributed by atoms with E-state index in [2.05, 4.69) is 21.2 Å². The Hall–Kier alpha value is -1.47. The van der Waals surface area contributed by atoms with Gasteiger partial charge in [-0.1, -0.05) is 0 Å². The number of nitrogens with one attached hydrogen (secondary N) is 1. The van der Waals surface area contributed by atoms with Crippen LogP contribution in [0.1, 0.15) is 17.3 Å². The number of hydrogen-bond donors (Lipinski definition) is 2. The number of benzene rings is 1. The number of nitro benzene ring substituents is 1. The molecule has 0 saturated heterocycles. The summed E-state index contributed by atoms with van der Waals surface area (Å²) in [4.78, 5) is 21.7. The number of rotatable bonds is 4. The first-order chi connectivity index (χ1) is 7.91. The minimum absolute atomic E-state index is 0.0912. The lowest BCUT2D eigenvalue weighted by molar-refractivity contribution is -0.384. The maximum absolute atomic E-state index is 11.7. The van der Waals surface area contributed by atoms with Crippen LogP contribution in [0.15, 0.2) is 22.7 Å². The summed E-state index contributed by atoms with van der Waals surface area (Å²) in [5.74, 6) is -0.471. The Bertz CT molecular complexity index is 448. The highest BCUT2D eigenvalue weighted by Gasteiger charge is 2.15. The van der Waals surface area contributed by atoms with Crippen molar-refractivity contribution in [3.05, 3.63) is 38.3 Å². The van der Waals surface area contributed by atoms with E-state index in [0.29, 0.717) is 4.47 Å². The fraction of sp³-hybridized carbons (Fsp3) is 0.300. The zero-order valence-electron chi connectivity index (χ0n) is 9.01. The minimum atomic E-state index is -0.670. The lowest BCUT2D eigenvalue weighted by Gasteiger charge is -2.08. The van der Waals surface area contributed by atoms with Gasteiger partial charge in [-0.2, -0.15) is 0 Å². The number of non-ortho nitro benzene ring substituents is 1. The molecule has 0 aliphatic heterocycles. The average molecular weight is 303 g/mol. The topological polar surface area (TPSA) is 92.5 Å². The SMILES string of the molecule is C[C@H](O)CNC(=O)c1cc([N+](=O)[O-])ccc1Br. The Kier molecular flexibility index (Phi) is 4.59. The van der Waals surface area contributed by atoms with Gasteiger partial charge in [0.1, 0.15) is 0 Å². The summed E-state index contributed by atoms with van der Waals surface area (Å²) in [5, 5.41) is 22.1. The fourth-order valence-corrected chi connectivity index (χ4v) is 1.56. The number of carbonyl (C=O) groups is 1. The molecule has 17 heavy (non-hydrogen) atoms. The molecule has 1 rings (SSSR count). The number of carbonyl (C=O) groups excluding carboxylic acids is 1. The predicted octanol–water partition coefficient (Wildman–Crippen LogP) is 1.47. The third-order valence-corrected chi connectivity index (χ3v) is 2.65. The summed E-state index contributed by atoms with van der Waals surface area (Å²) in [6.45, 7) is 1.62. The van der Waals surface area contributed by atoms with Gasteiger partial charge in [0.15, 0.2) is 0 Å². The average Bonchev–Trinajstić information content (AvgIpc) is 2.26. The molecule has 2 N–H and O–H groups in total. The molecular formula is C10H11BrN2O4. The molecule has 0 radical (unpaired) electrons. The second-order valence-electron chi connectivity index (χ2n) is 3.48. The molecule has 0 aliphatic carbocycles. The number of nitro groups is 1. The number of halogens is 1. The van der Waals surface area contributed by atoms with Gasteiger partial charge in [-0.25, -0.2) is 0 Å². The Morgan fingerprint density at radius 1 is 1.65 bits per heavy atom. The third-order valence-electron chi connectivity index (χ3n) is 1.96. The molecule has 1 atom stereocenters. The molecule has 0 aromatic heterocycles. The van der Waals surface area contributed by atoms with Gasteiger partial charge in [0, 0.05) is 23.2 Å². The smallest absolute Gasteiger partial charge is 0.270 e. The van der Waals surface area contributed by atoms with Gasteiger partial charge in [0.25, 0.3) is 11.6 Å². The maximum atomic E-state index is 11.7. The van der Waals surface area contributed by atoms with Crippen LogP contribution in [0.5, 0.6) is 0 Å². The van der Waals surface area contributed by atoms with Crippen LogP contribution in [-0.4, -0.2) is 28.6 Å². The first-order valence-electron chi connectivity index (χ1n) is 4.82. The van der Waals surface area contributed by atoms with E-state index in [4.69, 9.17) is 5.11 Å². The van der Waals surface area contributed by atoms with Crippen molar-refractivity contribution in [3.8, 4) is 0 Å². The van der Waals surface area contributed by atoms with Gasteiger partial charge in [0.2, 0.25) is 0 Å². The number of aliphatic hydroxyl groups excluding tert-OH is 1. The number of hydrogen-bond acceptors (Lipinski definition) is 4. The molecule has 92 valence electrons. The van der Waals surface area contributed by atoms with E-state index in [1.54, 1.807) is 0 Å². The Morgan fingerprint density at radius 2 is 2.29 bits per heavy atom. The van der Waals surface area contributed by atoms with Crippen LogP contribution in [0.25, 0.3) is 0 Å². The summed E-state index contributed by atoms with van der Waals surface area (Å²) < 4.78 is 0.464. The molecule has 6 nitrogen and oxygen atoms in total. The minimum Gasteiger partial charge on any atom is -0.392 e. The molecule has 0 heterocycles. The molecule has 0 fully saturated rings. The van der Waals surface area contributed by atoms with Crippen molar-refractivity contribution in [1.29, 1.82) is 0 Å². The second kappa shape index (κ2) is 5.74. The predicted molar refractivity (Wildman–Crippen MR) is 64.8 cm³/mol. The van der Waals surface area contributed by atoms with E-state index in [9.17, 15) is 14.9 Å². The van der Waals surface area contributed by atoms with Crippen LogP contribution in [-0.2, 0) is 0 Å². The zero-order valence-corrected chi connectivity index (χ0v) is 10.6. The van der Waals surface area contributed by atoms with E-state index in [1.807, 2.05) is 0 Å². The number of nitrogens with zero attached hydrogens (tertiary/aromatic N) is 1. The molecule has 0 aliphatic rings. The molecule has 0 saturated carbocycles. The van der Waals surface area contributed by atoms with Crippen molar-refractivity contribution >= 4 is 27.5 Å².